The molecule has 4 rings (SSSR count). The van der Waals surface area contributed by atoms with Crippen molar-refractivity contribution in [2.45, 2.75) is 25.4 Å². The van der Waals surface area contributed by atoms with Crippen LogP contribution in [0, 0.1) is 0 Å². The molecule has 1 aliphatic rings. The number of methoxy groups -OCH3 is 1. The molecule has 0 amide bonds. The molecule has 0 atom stereocenters. The average Bonchev–Trinajstić information content (AvgIpc) is 3.29. The number of nitrogens with zero attached hydrogens (tertiary/aromatic N) is 2. The van der Waals surface area contributed by atoms with E-state index in [1.165, 1.54) is 10.7 Å². The molecule has 1 N–H and O–H groups in total. The summed E-state index contributed by atoms with van der Waals surface area (Å²) in [6.07, 6.45) is -2.21. The molecule has 2 aromatic carbocycles. The summed E-state index contributed by atoms with van der Waals surface area (Å²) in [7, 11) is 1.62. The van der Waals surface area contributed by atoms with E-state index in [1.54, 1.807) is 7.11 Å². The fourth-order valence-corrected chi connectivity index (χ4v) is 3.72. The monoisotopic (exact) mass is 421 g/mol. The van der Waals surface area contributed by atoms with Gasteiger partial charge < -0.3 is 10.1 Å². The summed E-state index contributed by atoms with van der Waals surface area (Å²) < 4.78 is 46.2. The molecule has 152 valence electrons. The Balaban J connectivity index is 1.65. The molecular formula is C21H19ClF3N3O. The number of alkyl halides is 3. The molecule has 0 bridgehead atoms. The summed E-state index contributed by atoms with van der Waals surface area (Å²) in [6.45, 7) is 0.722. The van der Waals surface area contributed by atoms with Gasteiger partial charge in [-0.15, -0.1) is 0 Å². The minimum atomic E-state index is -4.44. The summed E-state index contributed by atoms with van der Waals surface area (Å²) in [4.78, 5) is 0. The van der Waals surface area contributed by atoms with E-state index in [0.717, 1.165) is 59.9 Å². The van der Waals surface area contributed by atoms with Crippen molar-refractivity contribution in [2.24, 2.45) is 0 Å². The Labute approximate surface area is 171 Å². The van der Waals surface area contributed by atoms with Gasteiger partial charge in [0, 0.05) is 12.1 Å². The second-order valence-electron chi connectivity index (χ2n) is 6.87. The molecule has 0 saturated heterocycles. The predicted molar refractivity (Wildman–Crippen MR) is 106 cm³/mol. The molecule has 2 heterocycles. The van der Waals surface area contributed by atoms with Gasteiger partial charge in [-0.3, -0.25) is 0 Å². The van der Waals surface area contributed by atoms with E-state index >= 15 is 0 Å². The summed E-state index contributed by atoms with van der Waals surface area (Å²) in [6, 6.07) is 11.1. The largest absolute Gasteiger partial charge is 0.497 e. The molecule has 3 aromatic rings. The van der Waals surface area contributed by atoms with E-state index in [0.29, 0.717) is 6.42 Å². The van der Waals surface area contributed by atoms with Crippen LogP contribution in [-0.2, 0) is 25.4 Å². The minimum Gasteiger partial charge on any atom is -0.497 e. The molecule has 0 unspecified atom stereocenters. The third-order valence-corrected chi connectivity index (χ3v) is 5.36. The molecule has 0 fully saturated rings. The Morgan fingerprint density at radius 3 is 2.59 bits per heavy atom. The Hall–Kier alpha value is -2.67. The maximum absolute atomic E-state index is 13.2. The SMILES string of the molecule is COc1ccc(CCc2nn(-c3cc(C(F)(F)F)ccc3Cl)c3c2CCN3)cc1. The summed E-state index contributed by atoms with van der Waals surface area (Å²) in [5, 5.41) is 8.06. The van der Waals surface area contributed by atoms with Gasteiger partial charge in [-0.2, -0.15) is 18.3 Å². The normalized spacial score (nSPS) is 13.3. The number of hydrogen-bond donors (Lipinski definition) is 1. The van der Waals surface area contributed by atoms with Crippen LogP contribution in [0.25, 0.3) is 5.69 Å². The van der Waals surface area contributed by atoms with E-state index in [4.69, 9.17) is 16.3 Å². The molecule has 0 saturated carbocycles. The number of rotatable bonds is 5. The van der Waals surface area contributed by atoms with Crippen molar-refractivity contribution in [3.05, 3.63) is 69.9 Å². The Kier molecular flexibility index (Phi) is 5.17. The van der Waals surface area contributed by atoms with Crippen LogP contribution in [0.4, 0.5) is 19.0 Å². The number of anilines is 1. The molecule has 0 spiro atoms. The van der Waals surface area contributed by atoms with Crippen molar-refractivity contribution >= 4 is 17.4 Å². The van der Waals surface area contributed by atoms with Gasteiger partial charge in [-0.1, -0.05) is 23.7 Å². The van der Waals surface area contributed by atoms with Crippen LogP contribution >= 0.6 is 11.6 Å². The highest BCUT2D eigenvalue weighted by Crippen LogP contribution is 2.36. The molecule has 0 radical (unpaired) electrons. The number of benzene rings is 2. The van der Waals surface area contributed by atoms with Crippen molar-refractivity contribution in [3.63, 3.8) is 0 Å². The maximum Gasteiger partial charge on any atom is 0.416 e. The first-order valence-electron chi connectivity index (χ1n) is 9.21. The molecular weight excluding hydrogens is 403 g/mol. The van der Waals surface area contributed by atoms with E-state index in [-0.39, 0.29) is 10.7 Å². The Bertz CT molecular complexity index is 1030. The highest BCUT2D eigenvalue weighted by molar-refractivity contribution is 6.32. The van der Waals surface area contributed by atoms with Crippen molar-refractivity contribution in [1.82, 2.24) is 9.78 Å². The topological polar surface area (TPSA) is 39.1 Å². The average molecular weight is 422 g/mol. The van der Waals surface area contributed by atoms with Crippen LogP contribution in [-0.4, -0.2) is 23.4 Å². The van der Waals surface area contributed by atoms with Crippen LogP contribution in [0.3, 0.4) is 0 Å². The fraction of sp³-hybridized carbons (Fsp3) is 0.286. The van der Waals surface area contributed by atoms with Crippen molar-refractivity contribution < 1.29 is 17.9 Å². The van der Waals surface area contributed by atoms with Gasteiger partial charge in [0.1, 0.15) is 11.6 Å². The minimum absolute atomic E-state index is 0.221. The van der Waals surface area contributed by atoms with E-state index in [1.807, 2.05) is 24.3 Å². The number of halogens is 4. The van der Waals surface area contributed by atoms with Gasteiger partial charge >= 0.3 is 6.18 Å². The highest BCUT2D eigenvalue weighted by Gasteiger charge is 2.32. The summed E-state index contributed by atoms with van der Waals surface area (Å²) in [5.74, 6) is 1.51. The second-order valence-corrected chi connectivity index (χ2v) is 7.28. The van der Waals surface area contributed by atoms with Crippen molar-refractivity contribution in [1.29, 1.82) is 0 Å². The first-order chi connectivity index (χ1) is 13.9. The zero-order valence-electron chi connectivity index (χ0n) is 15.7. The van der Waals surface area contributed by atoms with Crippen LogP contribution in [0.1, 0.15) is 22.4 Å². The van der Waals surface area contributed by atoms with Gasteiger partial charge in [0.2, 0.25) is 0 Å². The van der Waals surface area contributed by atoms with E-state index in [2.05, 4.69) is 10.4 Å². The molecule has 8 heteroatoms. The molecule has 1 aliphatic heterocycles. The third-order valence-electron chi connectivity index (χ3n) is 5.05. The number of fused-ring (bicyclic) bond motifs is 1. The molecule has 1 aromatic heterocycles. The Morgan fingerprint density at radius 1 is 1.14 bits per heavy atom. The van der Waals surface area contributed by atoms with E-state index < -0.39 is 11.7 Å². The third kappa shape index (κ3) is 3.92. The van der Waals surface area contributed by atoms with Gasteiger partial charge in [-0.05, 0) is 55.2 Å². The van der Waals surface area contributed by atoms with Crippen molar-refractivity contribution in [2.75, 3.05) is 19.0 Å². The van der Waals surface area contributed by atoms with Gasteiger partial charge in [0.05, 0.1) is 29.1 Å². The number of hydrogen-bond acceptors (Lipinski definition) is 3. The van der Waals surface area contributed by atoms with Crippen LogP contribution in [0.5, 0.6) is 5.75 Å². The fourth-order valence-electron chi connectivity index (χ4n) is 3.53. The molecule has 0 aliphatic carbocycles. The lowest BCUT2D eigenvalue weighted by molar-refractivity contribution is -0.137. The predicted octanol–water partition coefficient (Wildman–Crippen LogP) is 5.31. The first kappa shape index (κ1) is 19.6. The quantitative estimate of drug-likeness (QED) is 0.607. The van der Waals surface area contributed by atoms with E-state index in [9.17, 15) is 13.2 Å². The zero-order valence-corrected chi connectivity index (χ0v) is 16.4. The van der Waals surface area contributed by atoms with Crippen LogP contribution < -0.4 is 10.1 Å². The summed E-state index contributed by atoms with van der Waals surface area (Å²) in [5.41, 5.74) is 2.51. The molecule has 4 nitrogen and oxygen atoms in total. The lowest BCUT2D eigenvalue weighted by Crippen LogP contribution is -2.09. The smallest absolute Gasteiger partial charge is 0.416 e. The second kappa shape index (κ2) is 7.63. The highest BCUT2D eigenvalue weighted by atomic mass is 35.5. The molecule has 29 heavy (non-hydrogen) atoms. The first-order valence-corrected chi connectivity index (χ1v) is 9.59. The number of ether oxygens (including phenoxy) is 1. The van der Waals surface area contributed by atoms with Gasteiger partial charge in [0.25, 0.3) is 0 Å². The van der Waals surface area contributed by atoms with Gasteiger partial charge in [0.15, 0.2) is 0 Å². The van der Waals surface area contributed by atoms with Crippen LogP contribution in [0.15, 0.2) is 42.5 Å². The zero-order chi connectivity index (χ0) is 20.6. The number of aromatic nitrogens is 2. The lowest BCUT2D eigenvalue weighted by Gasteiger charge is -2.12. The van der Waals surface area contributed by atoms with Crippen LogP contribution in [0.2, 0.25) is 5.02 Å². The number of nitrogens with one attached hydrogen (secondary N) is 1. The standard InChI is InChI=1S/C21H19ClF3N3O/c1-29-15-6-2-13(3-7-15)4-9-18-16-10-11-26-20(16)28(27-18)19-12-14(21(23,24)25)5-8-17(19)22/h2-3,5-8,12,26H,4,9-11H2,1H3. The lowest BCUT2D eigenvalue weighted by atomic mass is 10.1. The Morgan fingerprint density at radius 2 is 1.90 bits per heavy atom. The number of aryl methyl sites for hydroxylation is 2. The van der Waals surface area contributed by atoms with Gasteiger partial charge in [-0.25, -0.2) is 4.68 Å². The van der Waals surface area contributed by atoms with Crippen molar-refractivity contribution in [3.8, 4) is 11.4 Å². The maximum atomic E-state index is 13.2. The summed E-state index contributed by atoms with van der Waals surface area (Å²) >= 11 is 6.23.